The van der Waals surface area contributed by atoms with E-state index in [-0.39, 0.29) is 11.4 Å². The number of amides is 3. The second kappa shape index (κ2) is 6.23. The summed E-state index contributed by atoms with van der Waals surface area (Å²) < 4.78 is 0. The van der Waals surface area contributed by atoms with Gasteiger partial charge in [0.2, 0.25) is 5.91 Å². The van der Waals surface area contributed by atoms with Gasteiger partial charge in [0.25, 0.3) is 0 Å². The van der Waals surface area contributed by atoms with Gasteiger partial charge in [-0.2, -0.15) is 0 Å². The number of piperazine rings is 1. The summed E-state index contributed by atoms with van der Waals surface area (Å²) in [4.78, 5) is 29.3. The highest BCUT2D eigenvalue weighted by molar-refractivity contribution is 5.84. The van der Waals surface area contributed by atoms with E-state index in [1.807, 2.05) is 4.90 Å². The minimum absolute atomic E-state index is 0.0266. The quantitative estimate of drug-likeness (QED) is 0.862. The van der Waals surface area contributed by atoms with Gasteiger partial charge in [-0.25, -0.2) is 4.79 Å². The van der Waals surface area contributed by atoms with Gasteiger partial charge in [-0.15, -0.1) is 0 Å². The number of nitrogens with one attached hydrogen (secondary N) is 1. The van der Waals surface area contributed by atoms with Gasteiger partial charge in [0.05, 0.1) is 5.41 Å². The first-order valence-corrected chi connectivity index (χ1v) is 9.92. The molecular weight excluding hydrogens is 302 g/mol. The maximum Gasteiger partial charge on any atom is 0.317 e. The van der Waals surface area contributed by atoms with E-state index in [1.165, 1.54) is 19.3 Å². The molecule has 3 amide bonds. The normalized spacial score (nSPS) is 37.6. The number of hydrogen-bond acceptors (Lipinski definition) is 2. The van der Waals surface area contributed by atoms with E-state index in [1.54, 1.807) is 0 Å². The zero-order valence-electron chi connectivity index (χ0n) is 14.9. The zero-order valence-corrected chi connectivity index (χ0v) is 14.9. The molecule has 1 N–H and O–H groups in total. The minimum Gasteiger partial charge on any atom is -0.339 e. The molecule has 5 fully saturated rings. The predicted octanol–water partition coefficient (Wildman–Crippen LogP) is 2.47. The number of carbonyl (C=O) groups excluding carboxylic acids is 2. The summed E-state index contributed by atoms with van der Waals surface area (Å²) in [5.41, 5.74) is -0.0403. The summed E-state index contributed by atoms with van der Waals surface area (Å²) in [5.74, 6) is 2.83. The molecule has 1 saturated heterocycles. The van der Waals surface area contributed by atoms with Crippen molar-refractivity contribution in [2.75, 3.05) is 32.7 Å². The zero-order chi connectivity index (χ0) is 16.7. The van der Waals surface area contributed by atoms with Crippen LogP contribution >= 0.6 is 0 Å². The van der Waals surface area contributed by atoms with Crippen LogP contribution in [-0.2, 0) is 4.79 Å². The molecule has 0 unspecified atom stereocenters. The monoisotopic (exact) mass is 333 g/mol. The van der Waals surface area contributed by atoms with Crippen molar-refractivity contribution in [2.45, 2.75) is 51.9 Å². The highest BCUT2D eigenvalue weighted by atomic mass is 16.2. The maximum absolute atomic E-state index is 13.3. The molecule has 0 aromatic rings. The lowest BCUT2D eigenvalue weighted by Gasteiger charge is -2.57. The first-order chi connectivity index (χ1) is 11.6. The fourth-order valence-corrected chi connectivity index (χ4v) is 6.16. The minimum atomic E-state index is -0.0403. The molecule has 0 spiro atoms. The van der Waals surface area contributed by atoms with E-state index in [4.69, 9.17) is 0 Å². The van der Waals surface area contributed by atoms with E-state index >= 15 is 0 Å². The molecule has 5 rings (SSSR count). The van der Waals surface area contributed by atoms with Gasteiger partial charge in [-0.3, -0.25) is 4.79 Å². The average molecular weight is 333 g/mol. The average Bonchev–Trinajstić information content (AvgIpc) is 2.58. The van der Waals surface area contributed by atoms with E-state index in [0.717, 1.165) is 50.0 Å². The third-order valence-electron chi connectivity index (χ3n) is 6.87. The van der Waals surface area contributed by atoms with Crippen LogP contribution in [0.15, 0.2) is 0 Å². The highest BCUT2D eigenvalue weighted by Crippen LogP contribution is 2.60. The Morgan fingerprint density at radius 1 is 0.917 bits per heavy atom. The van der Waals surface area contributed by atoms with Crippen LogP contribution in [0.5, 0.6) is 0 Å². The van der Waals surface area contributed by atoms with Gasteiger partial charge in [-0.1, -0.05) is 6.92 Å². The molecule has 0 aromatic heterocycles. The Hall–Kier alpha value is -1.26. The third-order valence-corrected chi connectivity index (χ3v) is 6.87. The van der Waals surface area contributed by atoms with Crippen molar-refractivity contribution < 1.29 is 9.59 Å². The van der Waals surface area contributed by atoms with Gasteiger partial charge in [0.1, 0.15) is 0 Å². The molecule has 4 bridgehead atoms. The van der Waals surface area contributed by atoms with Gasteiger partial charge in [-0.05, 0) is 62.7 Å². The number of urea groups is 1. The van der Waals surface area contributed by atoms with E-state index in [2.05, 4.69) is 17.1 Å². The second-order valence-corrected chi connectivity index (χ2v) is 8.71. The molecule has 24 heavy (non-hydrogen) atoms. The van der Waals surface area contributed by atoms with Crippen LogP contribution in [-0.4, -0.2) is 54.5 Å². The topological polar surface area (TPSA) is 52.7 Å². The van der Waals surface area contributed by atoms with Crippen molar-refractivity contribution in [1.29, 1.82) is 0 Å². The van der Waals surface area contributed by atoms with Gasteiger partial charge in [0.15, 0.2) is 0 Å². The Morgan fingerprint density at radius 3 is 1.92 bits per heavy atom. The molecule has 5 aliphatic rings. The maximum atomic E-state index is 13.3. The number of rotatable bonds is 3. The van der Waals surface area contributed by atoms with Crippen LogP contribution in [0.1, 0.15) is 51.9 Å². The first kappa shape index (κ1) is 16.2. The Balaban J connectivity index is 1.36. The van der Waals surface area contributed by atoms with E-state index < -0.39 is 0 Å². The Kier molecular flexibility index (Phi) is 4.21. The molecule has 4 saturated carbocycles. The number of nitrogens with zero attached hydrogens (tertiary/aromatic N) is 2. The first-order valence-electron chi connectivity index (χ1n) is 9.92. The number of hydrogen-bond donors (Lipinski definition) is 1. The smallest absolute Gasteiger partial charge is 0.317 e. The Bertz CT molecular complexity index is 475. The number of carbonyl (C=O) groups is 2. The molecule has 1 aliphatic heterocycles. The SMILES string of the molecule is CCCNC(=O)N1CCN(C(=O)C23CC4CC(CC(C4)C2)C3)CC1. The van der Waals surface area contributed by atoms with Crippen LogP contribution in [0, 0.1) is 23.2 Å². The van der Waals surface area contributed by atoms with Crippen molar-refractivity contribution >= 4 is 11.9 Å². The summed E-state index contributed by atoms with van der Waals surface area (Å²) in [7, 11) is 0. The summed E-state index contributed by atoms with van der Waals surface area (Å²) >= 11 is 0. The van der Waals surface area contributed by atoms with Crippen molar-refractivity contribution in [3.05, 3.63) is 0 Å². The Morgan fingerprint density at radius 2 is 1.42 bits per heavy atom. The summed E-state index contributed by atoms with van der Waals surface area (Å²) in [6.07, 6.45) is 8.48. The predicted molar refractivity (Wildman–Crippen MR) is 92.4 cm³/mol. The summed E-state index contributed by atoms with van der Waals surface area (Å²) in [5, 5.41) is 2.94. The highest BCUT2D eigenvalue weighted by Gasteiger charge is 2.55. The van der Waals surface area contributed by atoms with Crippen LogP contribution in [0.3, 0.4) is 0 Å². The lowest BCUT2D eigenvalue weighted by molar-refractivity contribution is -0.159. The van der Waals surface area contributed by atoms with Crippen molar-refractivity contribution in [3.63, 3.8) is 0 Å². The largest absolute Gasteiger partial charge is 0.339 e. The fourth-order valence-electron chi connectivity index (χ4n) is 6.16. The van der Waals surface area contributed by atoms with Gasteiger partial charge in [0, 0.05) is 32.7 Å². The molecule has 0 aromatic carbocycles. The van der Waals surface area contributed by atoms with Crippen molar-refractivity contribution in [1.82, 2.24) is 15.1 Å². The van der Waals surface area contributed by atoms with Crippen LogP contribution in [0.25, 0.3) is 0 Å². The van der Waals surface area contributed by atoms with E-state index in [0.29, 0.717) is 32.1 Å². The Labute approximate surface area is 145 Å². The van der Waals surface area contributed by atoms with Gasteiger partial charge >= 0.3 is 6.03 Å². The molecule has 5 heteroatoms. The molecule has 0 radical (unpaired) electrons. The second-order valence-electron chi connectivity index (χ2n) is 8.71. The lowest BCUT2D eigenvalue weighted by atomic mass is 9.49. The van der Waals surface area contributed by atoms with Crippen LogP contribution in [0.4, 0.5) is 4.79 Å². The van der Waals surface area contributed by atoms with Crippen LogP contribution in [0.2, 0.25) is 0 Å². The molecule has 134 valence electrons. The van der Waals surface area contributed by atoms with Gasteiger partial charge < -0.3 is 15.1 Å². The standard InChI is InChI=1S/C19H31N3O2/c1-2-3-20-18(24)22-6-4-21(5-7-22)17(23)19-11-14-8-15(12-19)10-16(9-14)13-19/h14-16H,2-13H2,1H3,(H,20,24). The van der Waals surface area contributed by atoms with Crippen molar-refractivity contribution in [3.8, 4) is 0 Å². The van der Waals surface area contributed by atoms with Crippen molar-refractivity contribution in [2.24, 2.45) is 23.2 Å². The lowest BCUT2D eigenvalue weighted by Crippen LogP contribution is -2.59. The van der Waals surface area contributed by atoms with Crippen LogP contribution < -0.4 is 5.32 Å². The summed E-state index contributed by atoms with van der Waals surface area (Å²) in [6, 6.07) is 0.0266. The molecular formula is C19H31N3O2. The molecule has 4 aliphatic carbocycles. The third kappa shape index (κ3) is 2.80. The molecule has 5 nitrogen and oxygen atoms in total. The molecule has 0 atom stereocenters. The molecule has 1 heterocycles. The fraction of sp³-hybridized carbons (Fsp3) is 0.895. The van der Waals surface area contributed by atoms with E-state index in [9.17, 15) is 9.59 Å². The summed E-state index contributed by atoms with van der Waals surface area (Å²) in [6.45, 7) is 5.55.